The summed E-state index contributed by atoms with van der Waals surface area (Å²) < 4.78 is 18.9. The third kappa shape index (κ3) is 6.19. The second kappa shape index (κ2) is 10.4. The van der Waals surface area contributed by atoms with Crippen LogP contribution in [-0.2, 0) is 20.9 Å². The van der Waals surface area contributed by atoms with Crippen LogP contribution in [0.4, 0.5) is 4.39 Å². The Bertz CT molecular complexity index is 951. The summed E-state index contributed by atoms with van der Waals surface area (Å²) in [5, 5.41) is 1.96. The third-order valence-corrected chi connectivity index (χ3v) is 5.34. The molecule has 0 radical (unpaired) electrons. The zero-order valence-corrected chi connectivity index (χ0v) is 16.4. The van der Waals surface area contributed by atoms with Crippen molar-refractivity contribution in [1.29, 1.82) is 0 Å². The molecule has 0 aliphatic heterocycles. The Kier molecular flexibility index (Phi) is 7.41. The summed E-state index contributed by atoms with van der Waals surface area (Å²) in [6, 6.07) is 25.0. The maximum Gasteiger partial charge on any atom is 0.324 e. The van der Waals surface area contributed by atoms with E-state index in [1.54, 1.807) is 18.2 Å². The molecule has 3 aromatic rings. The van der Waals surface area contributed by atoms with Gasteiger partial charge in [0.15, 0.2) is 6.61 Å². The molecule has 29 heavy (non-hydrogen) atoms. The molecular weight excluding hydrogens is 389 g/mol. The fraction of sp³-hybridized carbons (Fsp3) is 0.130. The zero-order valence-electron chi connectivity index (χ0n) is 15.6. The van der Waals surface area contributed by atoms with Crippen molar-refractivity contribution in [2.75, 3.05) is 6.61 Å². The van der Waals surface area contributed by atoms with Crippen molar-refractivity contribution >= 4 is 23.6 Å². The number of amides is 1. The van der Waals surface area contributed by atoms with E-state index in [9.17, 15) is 14.0 Å². The second-order valence-electron chi connectivity index (χ2n) is 6.20. The van der Waals surface area contributed by atoms with E-state index in [4.69, 9.17) is 4.74 Å². The van der Waals surface area contributed by atoms with E-state index in [1.165, 1.54) is 17.8 Å². The average molecular weight is 409 g/mol. The van der Waals surface area contributed by atoms with Gasteiger partial charge in [-0.25, -0.2) is 4.39 Å². The Labute approximate surface area is 173 Å². The quantitative estimate of drug-likeness (QED) is 0.439. The van der Waals surface area contributed by atoms with Crippen LogP contribution in [0.1, 0.15) is 16.4 Å². The largest absolute Gasteiger partial charge is 0.454 e. The Morgan fingerprint density at radius 1 is 0.897 bits per heavy atom. The smallest absolute Gasteiger partial charge is 0.324 e. The first-order chi connectivity index (χ1) is 14.1. The molecule has 0 bridgehead atoms. The van der Waals surface area contributed by atoms with Crippen LogP contribution in [0.2, 0.25) is 0 Å². The predicted molar refractivity (Wildman–Crippen MR) is 111 cm³/mol. The number of hydrogen-bond donors (Lipinski definition) is 1. The topological polar surface area (TPSA) is 55.4 Å². The van der Waals surface area contributed by atoms with E-state index in [2.05, 4.69) is 5.32 Å². The van der Waals surface area contributed by atoms with Gasteiger partial charge in [-0.3, -0.25) is 9.59 Å². The summed E-state index contributed by atoms with van der Waals surface area (Å²) in [4.78, 5) is 25.6. The van der Waals surface area contributed by atoms with Crippen LogP contribution < -0.4 is 5.32 Å². The molecule has 4 nitrogen and oxygen atoms in total. The normalized spacial score (nSPS) is 11.5. The summed E-state index contributed by atoms with van der Waals surface area (Å²) in [6.45, 7) is -0.393. The number of nitrogens with one attached hydrogen (secondary N) is 1. The van der Waals surface area contributed by atoms with Gasteiger partial charge in [-0.1, -0.05) is 66.7 Å². The molecule has 0 spiro atoms. The molecule has 148 valence electrons. The summed E-state index contributed by atoms with van der Waals surface area (Å²) in [7, 11) is 0. The van der Waals surface area contributed by atoms with Gasteiger partial charge in [0.25, 0.3) is 5.91 Å². The predicted octanol–water partition coefficient (Wildman–Crippen LogP) is 4.52. The fourth-order valence-corrected chi connectivity index (χ4v) is 3.66. The van der Waals surface area contributed by atoms with E-state index >= 15 is 0 Å². The molecule has 0 aliphatic rings. The number of thioether (sulfide) groups is 1. The highest BCUT2D eigenvalue weighted by atomic mass is 32.2. The van der Waals surface area contributed by atoms with Crippen molar-refractivity contribution < 1.29 is 18.7 Å². The molecule has 1 amide bonds. The maximum absolute atomic E-state index is 13.6. The number of rotatable bonds is 8. The number of hydrogen-bond acceptors (Lipinski definition) is 4. The lowest BCUT2D eigenvalue weighted by atomic mass is 10.1. The first kappa shape index (κ1) is 20.6. The van der Waals surface area contributed by atoms with Crippen molar-refractivity contribution in [3.8, 4) is 0 Å². The first-order valence-electron chi connectivity index (χ1n) is 9.07. The third-order valence-electron chi connectivity index (χ3n) is 4.09. The lowest BCUT2D eigenvalue weighted by Crippen LogP contribution is -2.29. The minimum absolute atomic E-state index is 0.0317. The van der Waals surface area contributed by atoms with Crippen molar-refractivity contribution in [3.05, 3.63) is 102 Å². The highest BCUT2D eigenvalue weighted by Crippen LogP contribution is 2.36. The van der Waals surface area contributed by atoms with Crippen molar-refractivity contribution in [2.24, 2.45) is 0 Å². The van der Waals surface area contributed by atoms with Gasteiger partial charge < -0.3 is 10.1 Å². The number of esters is 1. The second-order valence-corrected chi connectivity index (χ2v) is 7.38. The van der Waals surface area contributed by atoms with E-state index in [1.807, 2.05) is 60.7 Å². The molecule has 3 aromatic carbocycles. The number of benzene rings is 3. The molecule has 1 atom stereocenters. The molecule has 0 aliphatic carbocycles. The number of carbonyl (C=O) groups is 2. The molecule has 0 heterocycles. The van der Waals surface area contributed by atoms with Crippen LogP contribution in [-0.4, -0.2) is 18.5 Å². The van der Waals surface area contributed by atoms with Crippen LogP contribution in [0.25, 0.3) is 0 Å². The standard InChI is InChI=1S/C23H20FNO3S/c24-20-14-8-7-11-18(20)15-25-21(26)16-28-23(27)22(17-9-3-1-4-10-17)29-19-12-5-2-6-13-19/h1-14,22H,15-16H2,(H,25,26)/t22-/m1/s1. The monoisotopic (exact) mass is 409 g/mol. The Morgan fingerprint density at radius 2 is 1.52 bits per heavy atom. The minimum atomic E-state index is -0.599. The highest BCUT2D eigenvalue weighted by Gasteiger charge is 2.24. The van der Waals surface area contributed by atoms with Gasteiger partial charge in [-0.05, 0) is 23.8 Å². The molecule has 0 aromatic heterocycles. The maximum atomic E-state index is 13.6. The fourth-order valence-electron chi connectivity index (χ4n) is 2.61. The molecular formula is C23H20FNO3S. The molecule has 0 fully saturated rings. The van der Waals surface area contributed by atoms with Crippen molar-refractivity contribution in [2.45, 2.75) is 16.7 Å². The van der Waals surface area contributed by atoms with Crippen LogP contribution in [0, 0.1) is 5.82 Å². The SMILES string of the molecule is O=C(COC(=O)[C@H](Sc1ccccc1)c1ccccc1)NCc1ccccc1F. The average Bonchev–Trinajstić information content (AvgIpc) is 2.76. The molecule has 1 N–H and O–H groups in total. The van der Waals surface area contributed by atoms with Crippen LogP contribution >= 0.6 is 11.8 Å². The number of ether oxygens (including phenoxy) is 1. The lowest BCUT2D eigenvalue weighted by Gasteiger charge is -2.16. The van der Waals surface area contributed by atoms with E-state index < -0.39 is 29.6 Å². The molecule has 0 saturated heterocycles. The van der Waals surface area contributed by atoms with Gasteiger partial charge in [0, 0.05) is 17.0 Å². The lowest BCUT2D eigenvalue weighted by molar-refractivity contribution is -0.148. The van der Waals surface area contributed by atoms with Crippen LogP contribution in [0.5, 0.6) is 0 Å². The van der Waals surface area contributed by atoms with Crippen molar-refractivity contribution in [1.82, 2.24) is 5.32 Å². The summed E-state index contributed by atoms with van der Waals surface area (Å²) in [5.74, 6) is -1.39. The van der Waals surface area contributed by atoms with Crippen LogP contribution in [0.3, 0.4) is 0 Å². The first-order valence-corrected chi connectivity index (χ1v) is 9.95. The minimum Gasteiger partial charge on any atom is -0.454 e. The molecule has 0 unspecified atom stereocenters. The summed E-state index contributed by atoms with van der Waals surface area (Å²) >= 11 is 1.36. The van der Waals surface area contributed by atoms with Gasteiger partial charge >= 0.3 is 5.97 Å². The van der Waals surface area contributed by atoms with E-state index in [0.717, 1.165) is 10.5 Å². The van der Waals surface area contributed by atoms with E-state index in [-0.39, 0.29) is 6.54 Å². The Balaban J connectivity index is 1.59. The number of halogens is 1. The van der Waals surface area contributed by atoms with Crippen LogP contribution in [0.15, 0.2) is 89.8 Å². The number of carbonyl (C=O) groups excluding carboxylic acids is 2. The molecule has 6 heteroatoms. The summed E-state index contributed by atoms with van der Waals surface area (Å²) in [5.41, 5.74) is 1.16. The van der Waals surface area contributed by atoms with Gasteiger partial charge in [0.05, 0.1) is 0 Å². The van der Waals surface area contributed by atoms with E-state index in [0.29, 0.717) is 5.56 Å². The molecule has 3 rings (SSSR count). The van der Waals surface area contributed by atoms with Crippen molar-refractivity contribution in [3.63, 3.8) is 0 Å². The Morgan fingerprint density at radius 3 is 2.21 bits per heavy atom. The summed E-state index contributed by atoms with van der Waals surface area (Å²) in [6.07, 6.45) is 0. The van der Waals surface area contributed by atoms with Gasteiger partial charge in [0.1, 0.15) is 11.1 Å². The zero-order chi connectivity index (χ0) is 20.5. The van der Waals surface area contributed by atoms with Gasteiger partial charge in [-0.2, -0.15) is 0 Å². The highest BCUT2D eigenvalue weighted by molar-refractivity contribution is 8.00. The van der Waals surface area contributed by atoms with Gasteiger partial charge in [-0.15, -0.1) is 11.8 Å². The Hall–Kier alpha value is -3.12. The van der Waals surface area contributed by atoms with Gasteiger partial charge in [0.2, 0.25) is 0 Å². The molecule has 0 saturated carbocycles.